The molecule has 10 atom stereocenters. The third-order valence-electron chi connectivity index (χ3n) is 11.6. The van der Waals surface area contributed by atoms with Gasteiger partial charge in [0.05, 0.1) is 18.2 Å². The summed E-state index contributed by atoms with van der Waals surface area (Å²) in [5, 5.41) is 35.0. The second kappa shape index (κ2) is 11.3. The van der Waals surface area contributed by atoms with Gasteiger partial charge in [-0.1, -0.05) is 39.3 Å². The van der Waals surface area contributed by atoms with Gasteiger partial charge >= 0.3 is 35.5 Å². The zero-order valence-corrected chi connectivity index (χ0v) is 26.8. The average Bonchev–Trinajstić information content (AvgIpc) is 3.05. The number of carboxylic acids is 1. The summed E-state index contributed by atoms with van der Waals surface area (Å²) in [6.45, 7) is 14.4. The Morgan fingerprint density at radius 2 is 1.71 bits per heavy atom. The fourth-order valence-electron chi connectivity index (χ4n) is 9.78. The largest absolute Gasteiger partial charge is 1.00 e. The molecule has 4 rings (SSSR count). The SMILES string of the molecule is CC(=O)OC1C[C@@]2(C)[C@@H](CC(O)[C@@H]3[C@@]4(C)CCC(O)C(C)[C@@H]4CC[C@@]32C)C1=C(CCC=C(C)C)C(=O)[O-].[Na+]. The van der Waals surface area contributed by atoms with Crippen LogP contribution in [-0.2, 0) is 14.3 Å². The third-order valence-corrected chi connectivity index (χ3v) is 11.6. The molecule has 0 heterocycles. The molecule has 4 aliphatic rings. The van der Waals surface area contributed by atoms with Crippen molar-refractivity contribution >= 4 is 11.9 Å². The predicted octanol–water partition coefficient (Wildman–Crippen LogP) is 1.34. The van der Waals surface area contributed by atoms with E-state index >= 15 is 0 Å². The van der Waals surface area contributed by atoms with E-state index in [0.29, 0.717) is 37.2 Å². The number of esters is 1. The normalized spacial score (nSPS) is 45.0. The van der Waals surface area contributed by atoms with E-state index in [0.717, 1.165) is 31.3 Å². The van der Waals surface area contributed by atoms with Crippen molar-refractivity contribution < 1.29 is 59.2 Å². The Morgan fingerprint density at radius 3 is 2.29 bits per heavy atom. The van der Waals surface area contributed by atoms with Gasteiger partial charge in [-0.3, -0.25) is 4.79 Å². The predicted molar refractivity (Wildman–Crippen MR) is 140 cm³/mol. The van der Waals surface area contributed by atoms with Gasteiger partial charge in [-0.2, -0.15) is 0 Å². The van der Waals surface area contributed by atoms with Crippen molar-refractivity contribution in [2.45, 2.75) is 118 Å². The van der Waals surface area contributed by atoms with Gasteiger partial charge in [0, 0.05) is 6.92 Å². The van der Waals surface area contributed by atoms with E-state index in [9.17, 15) is 24.9 Å². The molecule has 208 valence electrons. The molecular weight excluding hydrogens is 491 g/mol. The van der Waals surface area contributed by atoms with Crippen molar-refractivity contribution in [2.75, 3.05) is 0 Å². The minimum Gasteiger partial charge on any atom is -0.545 e. The van der Waals surface area contributed by atoms with Crippen LogP contribution in [-0.4, -0.2) is 40.5 Å². The molecule has 4 saturated carbocycles. The van der Waals surface area contributed by atoms with Gasteiger partial charge < -0.3 is 24.9 Å². The topological polar surface area (TPSA) is 107 Å². The second-order valence-corrected chi connectivity index (χ2v) is 13.6. The molecule has 4 fully saturated rings. The van der Waals surface area contributed by atoms with Crippen molar-refractivity contribution in [3.8, 4) is 0 Å². The summed E-state index contributed by atoms with van der Waals surface area (Å²) in [5.74, 6) is -1.25. The number of carboxylic acid groups (broad SMARTS) is 1. The number of allylic oxidation sites excluding steroid dienone is 2. The van der Waals surface area contributed by atoms with Crippen molar-refractivity contribution in [2.24, 2.45) is 39.9 Å². The van der Waals surface area contributed by atoms with Crippen LogP contribution in [0.25, 0.3) is 0 Å². The minimum atomic E-state index is -1.20. The van der Waals surface area contributed by atoms with E-state index in [4.69, 9.17) is 4.74 Å². The first kappa shape index (κ1) is 31.9. The van der Waals surface area contributed by atoms with Gasteiger partial charge in [-0.25, -0.2) is 0 Å². The summed E-state index contributed by atoms with van der Waals surface area (Å²) >= 11 is 0. The molecule has 0 aromatic rings. The maximum absolute atomic E-state index is 12.5. The average molecular weight is 539 g/mol. The summed E-state index contributed by atoms with van der Waals surface area (Å²) in [6, 6.07) is 0. The van der Waals surface area contributed by atoms with E-state index in [-0.39, 0.29) is 75.2 Å². The molecule has 2 N–H and O–H groups in total. The van der Waals surface area contributed by atoms with Crippen LogP contribution in [0.15, 0.2) is 22.8 Å². The summed E-state index contributed by atoms with van der Waals surface area (Å²) in [7, 11) is 0. The summed E-state index contributed by atoms with van der Waals surface area (Å²) in [4.78, 5) is 24.7. The van der Waals surface area contributed by atoms with E-state index in [1.54, 1.807) is 0 Å². The van der Waals surface area contributed by atoms with E-state index in [1.807, 2.05) is 19.9 Å². The van der Waals surface area contributed by atoms with Crippen molar-refractivity contribution in [1.82, 2.24) is 0 Å². The third kappa shape index (κ3) is 5.00. The Morgan fingerprint density at radius 1 is 1.05 bits per heavy atom. The smallest absolute Gasteiger partial charge is 0.545 e. The van der Waals surface area contributed by atoms with Crippen LogP contribution in [0.3, 0.4) is 0 Å². The number of rotatable bonds is 5. The molecule has 6 nitrogen and oxygen atoms in total. The van der Waals surface area contributed by atoms with E-state index < -0.39 is 24.1 Å². The standard InChI is InChI=1S/C31H48O6.Na/c1-17(2)9-8-10-20(28(35)36)26-22-15-24(34)27-29(5)13-12-23(33)18(3)21(29)11-14-30(27,6)31(22,7)16-25(26)37-19(4)32;/h9,18,21-25,27,33-34H,8,10-16H2,1-7H3,(H,35,36);/q;+1/p-1/t18?,21-,22-,23?,24?,25?,27+,29-,30-,31-;/m0./s1. The quantitative estimate of drug-likeness (QED) is 0.237. The molecule has 0 aliphatic heterocycles. The Kier molecular flexibility index (Phi) is 9.49. The molecule has 0 aromatic heterocycles. The number of aliphatic hydroxyl groups is 2. The molecule has 0 aromatic carbocycles. The molecule has 38 heavy (non-hydrogen) atoms. The Labute approximate surface area is 251 Å². The Hall–Kier alpha value is -0.660. The molecule has 0 bridgehead atoms. The maximum atomic E-state index is 12.5. The number of ether oxygens (including phenoxy) is 1. The summed E-state index contributed by atoms with van der Waals surface area (Å²) < 4.78 is 5.84. The maximum Gasteiger partial charge on any atom is 1.00 e. The van der Waals surface area contributed by atoms with E-state index in [2.05, 4.69) is 27.7 Å². The molecule has 4 aliphatic carbocycles. The number of aliphatic carboxylic acids is 1. The molecule has 4 unspecified atom stereocenters. The first-order chi connectivity index (χ1) is 17.2. The minimum absolute atomic E-state index is 0. The second-order valence-electron chi connectivity index (χ2n) is 13.6. The number of fused-ring (bicyclic) bond motifs is 5. The van der Waals surface area contributed by atoms with Crippen LogP contribution < -0.4 is 34.7 Å². The molecule has 0 radical (unpaired) electrons. The van der Waals surface area contributed by atoms with Crippen molar-refractivity contribution in [1.29, 1.82) is 0 Å². The Balaban J connectivity index is 0.00000400. The number of aliphatic hydroxyl groups excluding tert-OH is 2. The number of carbonyl (C=O) groups excluding carboxylic acids is 2. The fourth-order valence-corrected chi connectivity index (χ4v) is 9.78. The van der Waals surface area contributed by atoms with Crippen LogP contribution in [0.4, 0.5) is 0 Å². The van der Waals surface area contributed by atoms with E-state index in [1.165, 1.54) is 6.92 Å². The monoisotopic (exact) mass is 538 g/mol. The molecular formula is C31H47NaO6. The molecule has 0 amide bonds. The van der Waals surface area contributed by atoms with Crippen LogP contribution >= 0.6 is 0 Å². The first-order valence-electron chi connectivity index (χ1n) is 14.3. The van der Waals surface area contributed by atoms with Crippen LogP contribution in [0.1, 0.15) is 99.8 Å². The zero-order valence-electron chi connectivity index (χ0n) is 24.8. The zero-order chi connectivity index (χ0) is 27.5. The van der Waals surface area contributed by atoms with Crippen LogP contribution in [0.5, 0.6) is 0 Å². The van der Waals surface area contributed by atoms with Crippen LogP contribution in [0.2, 0.25) is 0 Å². The van der Waals surface area contributed by atoms with Crippen LogP contribution in [0, 0.1) is 39.9 Å². The van der Waals surface area contributed by atoms with Gasteiger partial charge in [-0.05, 0) is 116 Å². The first-order valence-corrected chi connectivity index (χ1v) is 14.3. The number of carbonyl (C=O) groups is 2. The van der Waals surface area contributed by atoms with Gasteiger partial charge in [0.15, 0.2) is 0 Å². The van der Waals surface area contributed by atoms with Gasteiger partial charge in [0.2, 0.25) is 0 Å². The number of hydrogen-bond donors (Lipinski definition) is 2. The molecule has 0 saturated heterocycles. The van der Waals surface area contributed by atoms with Crippen molar-refractivity contribution in [3.05, 3.63) is 22.8 Å². The van der Waals surface area contributed by atoms with Gasteiger partial charge in [0.1, 0.15) is 6.10 Å². The van der Waals surface area contributed by atoms with Gasteiger partial charge in [-0.15, -0.1) is 0 Å². The van der Waals surface area contributed by atoms with Gasteiger partial charge in [0.25, 0.3) is 0 Å². The molecule has 0 spiro atoms. The molecule has 7 heteroatoms. The fraction of sp³-hybridized carbons (Fsp3) is 0.806. The summed E-state index contributed by atoms with van der Waals surface area (Å²) in [6.07, 6.45) is 5.92. The Bertz CT molecular complexity index is 1000. The number of hydrogen-bond acceptors (Lipinski definition) is 6. The van der Waals surface area contributed by atoms with Crippen molar-refractivity contribution in [3.63, 3.8) is 0 Å². The summed E-state index contributed by atoms with van der Waals surface area (Å²) in [5.41, 5.74) is 1.31.